The molecule has 1 amide bonds. The van der Waals surface area contributed by atoms with E-state index in [2.05, 4.69) is 5.32 Å². The first-order valence-electron chi connectivity index (χ1n) is 5.14. The Kier molecular flexibility index (Phi) is 4.52. The number of benzene rings is 1. The highest BCUT2D eigenvalue weighted by atomic mass is 35.5. The fraction of sp³-hybridized carbons (Fsp3) is 0.333. The molecule has 17 heavy (non-hydrogen) atoms. The zero-order valence-electron chi connectivity index (χ0n) is 9.91. The van der Waals surface area contributed by atoms with Crippen molar-refractivity contribution in [1.82, 2.24) is 5.32 Å². The highest BCUT2D eigenvalue weighted by molar-refractivity contribution is 6.31. The monoisotopic (exact) mass is 255 g/mol. The second kappa shape index (κ2) is 5.68. The summed E-state index contributed by atoms with van der Waals surface area (Å²) in [5, 5.41) is 2.92. The van der Waals surface area contributed by atoms with Gasteiger partial charge in [-0.3, -0.25) is 9.59 Å². The lowest BCUT2D eigenvalue weighted by atomic mass is 10.1. The van der Waals surface area contributed by atoms with Gasteiger partial charge in [0.2, 0.25) is 0 Å². The number of hydrogen-bond donors (Lipinski definition) is 1. The summed E-state index contributed by atoms with van der Waals surface area (Å²) < 4.78 is 5.42. The third-order valence-corrected chi connectivity index (χ3v) is 2.48. The molecule has 0 heterocycles. The van der Waals surface area contributed by atoms with E-state index in [9.17, 15) is 9.59 Å². The van der Waals surface area contributed by atoms with Crippen LogP contribution in [-0.4, -0.2) is 24.8 Å². The van der Waals surface area contributed by atoms with Crippen LogP contribution in [0, 0.1) is 0 Å². The summed E-state index contributed by atoms with van der Waals surface area (Å²) in [6, 6.07) is 4.72. The molecule has 92 valence electrons. The van der Waals surface area contributed by atoms with Crippen molar-refractivity contribution in [3.63, 3.8) is 0 Å². The van der Waals surface area contributed by atoms with Crippen molar-refractivity contribution in [2.24, 2.45) is 0 Å². The molecular formula is C12H14ClNO3. The first-order chi connectivity index (χ1) is 7.95. The van der Waals surface area contributed by atoms with E-state index in [1.807, 2.05) is 0 Å². The maximum absolute atomic E-state index is 11.4. The molecule has 1 aromatic carbocycles. The number of carbonyl (C=O) groups excluding carboxylic acids is 2. The van der Waals surface area contributed by atoms with Crippen molar-refractivity contribution in [2.75, 3.05) is 7.05 Å². The number of halogens is 1. The normalized spacial score (nSPS) is 11.8. The highest BCUT2D eigenvalue weighted by Crippen LogP contribution is 2.24. The molecule has 4 nitrogen and oxygen atoms in total. The average Bonchev–Trinajstić information content (AvgIpc) is 2.29. The maximum atomic E-state index is 11.4. The molecule has 0 aromatic heterocycles. The van der Waals surface area contributed by atoms with Gasteiger partial charge >= 0.3 is 0 Å². The Morgan fingerprint density at radius 3 is 2.59 bits per heavy atom. The molecule has 0 saturated heterocycles. The quantitative estimate of drug-likeness (QED) is 0.838. The second-order valence-electron chi connectivity index (χ2n) is 3.57. The molecule has 1 N–H and O–H groups in total. The largest absolute Gasteiger partial charge is 0.480 e. The van der Waals surface area contributed by atoms with Gasteiger partial charge in [0.1, 0.15) is 5.75 Å². The van der Waals surface area contributed by atoms with Crippen LogP contribution in [0.15, 0.2) is 18.2 Å². The fourth-order valence-electron chi connectivity index (χ4n) is 1.33. The molecule has 0 radical (unpaired) electrons. The summed E-state index contributed by atoms with van der Waals surface area (Å²) in [5.41, 5.74) is 0.369. The highest BCUT2D eigenvalue weighted by Gasteiger charge is 2.16. The summed E-state index contributed by atoms with van der Waals surface area (Å²) in [7, 11) is 1.52. The van der Waals surface area contributed by atoms with E-state index in [4.69, 9.17) is 16.3 Å². The summed E-state index contributed by atoms with van der Waals surface area (Å²) in [5.74, 6) is -0.0564. The summed E-state index contributed by atoms with van der Waals surface area (Å²) in [4.78, 5) is 22.7. The Balaban J connectivity index is 2.98. The minimum atomic E-state index is -0.667. The Hall–Kier alpha value is -1.55. The molecule has 0 bridgehead atoms. The molecule has 5 heteroatoms. The van der Waals surface area contributed by atoms with E-state index >= 15 is 0 Å². The minimum absolute atomic E-state index is 0.161. The zero-order chi connectivity index (χ0) is 13.0. The van der Waals surface area contributed by atoms with Gasteiger partial charge in [0.05, 0.1) is 5.56 Å². The Bertz CT molecular complexity index is 445. The smallest absolute Gasteiger partial charge is 0.260 e. The van der Waals surface area contributed by atoms with Gasteiger partial charge in [-0.05, 0) is 32.0 Å². The topological polar surface area (TPSA) is 55.4 Å². The van der Waals surface area contributed by atoms with Crippen LogP contribution >= 0.6 is 11.6 Å². The van der Waals surface area contributed by atoms with Crippen molar-refractivity contribution in [3.05, 3.63) is 28.8 Å². The predicted octanol–water partition coefficient (Wildman–Crippen LogP) is 2.06. The number of hydrogen-bond acceptors (Lipinski definition) is 3. The van der Waals surface area contributed by atoms with Crippen molar-refractivity contribution in [3.8, 4) is 5.75 Å². The summed E-state index contributed by atoms with van der Waals surface area (Å²) in [6.45, 7) is 3.03. The van der Waals surface area contributed by atoms with Gasteiger partial charge in [-0.2, -0.15) is 0 Å². The molecular weight excluding hydrogens is 242 g/mol. The van der Waals surface area contributed by atoms with Gasteiger partial charge in [-0.15, -0.1) is 0 Å². The minimum Gasteiger partial charge on any atom is -0.480 e. The standard InChI is InChI=1S/C12H14ClNO3/c1-7(15)10-6-9(13)4-5-11(10)17-8(2)12(16)14-3/h4-6,8H,1-3H3,(H,14,16). The lowest BCUT2D eigenvalue weighted by Crippen LogP contribution is -2.34. The van der Waals surface area contributed by atoms with E-state index in [1.165, 1.54) is 20.0 Å². The zero-order valence-corrected chi connectivity index (χ0v) is 10.7. The van der Waals surface area contributed by atoms with Crippen LogP contribution in [0.1, 0.15) is 24.2 Å². The fourth-order valence-corrected chi connectivity index (χ4v) is 1.50. The van der Waals surface area contributed by atoms with E-state index in [0.29, 0.717) is 16.3 Å². The molecule has 1 rings (SSSR count). The number of nitrogens with one attached hydrogen (secondary N) is 1. The molecule has 0 saturated carbocycles. The Morgan fingerprint density at radius 2 is 2.06 bits per heavy atom. The first kappa shape index (κ1) is 13.5. The second-order valence-corrected chi connectivity index (χ2v) is 4.01. The Labute approximate surface area is 105 Å². The van der Waals surface area contributed by atoms with Gasteiger partial charge in [-0.25, -0.2) is 0 Å². The van der Waals surface area contributed by atoms with Crippen LogP contribution in [-0.2, 0) is 4.79 Å². The van der Waals surface area contributed by atoms with Crippen LogP contribution in [0.4, 0.5) is 0 Å². The molecule has 0 spiro atoms. The summed E-state index contributed by atoms with van der Waals surface area (Å²) >= 11 is 5.80. The van der Waals surface area contributed by atoms with Crippen LogP contribution < -0.4 is 10.1 Å². The van der Waals surface area contributed by atoms with Gasteiger partial charge in [0, 0.05) is 12.1 Å². The van der Waals surface area contributed by atoms with Crippen molar-refractivity contribution in [1.29, 1.82) is 0 Å². The van der Waals surface area contributed by atoms with Crippen molar-refractivity contribution < 1.29 is 14.3 Å². The van der Waals surface area contributed by atoms with Crippen LogP contribution in [0.5, 0.6) is 5.75 Å². The first-order valence-corrected chi connectivity index (χ1v) is 5.52. The van der Waals surface area contributed by atoms with Gasteiger partial charge in [-0.1, -0.05) is 11.6 Å². The van der Waals surface area contributed by atoms with Crippen molar-refractivity contribution in [2.45, 2.75) is 20.0 Å². The maximum Gasteiger partial charge on any atom is 0.260 e. The molecule has 0 aliphatic rings. The number of likely N-dealkylation sites (N-methyl/N-ethyl adjacent to an activating group) is 1. The van der Waals surface area contributed by atoms with E-state index in [-0.39, 0.29) is 11.7 Å². The number of amides is 1. The van der Waals surface area contributed by atoms with Crippen LogP contribution in [0.25, 0.3) is 0 Å². The molecule has 0 aliphatic heterocycles. The number of ether oxygens (including phenoxy) is 1. The van der Waals surface area contributed by atoms with E-state index in [1.54, 1.807) is 19.1 Å². The number of ketones is 1. The average molecular weight is 256 g/mol. The number of carbonyl (C=O) groups is 2. The van der Waals surface area contributed by atoms with Gasteiger partial charge in [0.25, 0.3) is 5.91 Å². The molecule has 0 fully saturated rings. The van der Waals surface area contributed by atoms with E-state index < -0.39 is 6.10 Å². The lowest BCUT2D eigenvalue weighted by Gasteiger charge is -2.15. The SMILES string of the molecule is CNC(=O)C(C)Oc1ccc(Cl)cc1C(C)=O. The van der Waals surface area contributed by atoms with Gasteiger partial charge in [0.15, 0.2) is 11.9 Å². The number of rotatable bonds is 4. The van der Waals surface area contributed by atoms with Gasteiger partial charge < -0.3 is 10.1 Å². The lowest BCUT2D eigenvalue weighted by molar-refractivity contribution is -0.126. The van der Waals surface area contributed by atoms with Crippen molar-refractivity contribution >= 4 is 23.3 Å². The Morgan fingerprint density at radius 1 is 1.41 bits per heavy atom. The van der Waals surface area contributed by atoms with Crippen LogP contribution in [0.2, 0.25) is 5.02 Å². The van der Waals surface area contributed by atoms with E-state index in [0.717, 1.165) is 0 Å². The third kappa shape index (κ3) is 3.46. The van der Waals surface area contributed by atoms with Crippen LogP contribution in [0.3, 0.4) is 0 Å². The molecule has 0 aliphatic carbocycles. The molecule has 1 unspecified atom stereocenters. The molecule has 1 atom stereocenters. The summed E-state index contributed by atoms with van der Waals surface area (Å²) in [6.07, 6.45) is -0.667. The predicted molar refractivity (Wildman–Crippen MR) is 65.6 cm³/mol. The molecule has 1 aromatic rings. The number of Topliss-reactive ketones (excluding diaryl/α,β-unsaturated/α-hetero) is 1. The third-order valence-electron chi connectivity index (χ3n) is 2.24.